The Morgan fingerprint density at radius 3 is 2.55 bits per heavy atom. The average molecular weight is 471 g/mol. The number of hydrogen-bond acceptors (Lipinski definition) is 6. The lowest BCUT2D eigenvalue weighted by atomic mass is 9.95. The number of ether oxygens (including phenoxy) is 2. The van der Waals surface area contributed by atoms with Crippen molar-refractivity contribution in [2.24, 2.45) is 0 Å². The van der Waals surface area contributed by atoms with Crippen LogP contribution in [-0.4, -0.2) is 63.8 Å². The van der Waals surface area contributed by atoms with E-state index in [0.29, 0.717) is 22.8 Å². The first kappa shape index (κ1) is 22.9. The highest BCUT2D eigenvalue weighted by atomic mass is 35.5. The summed E-state index contributed by atoms with van der Waals surface area (Å²) in [6, 6.07) is 14.1. The Labute approximate surface area is 198 Å². The molecule has 0 aromatic heterocycles. The third-order valence-electron chi connectivity index (χ3n) is 5.92. The molecule has 0 radical (unpaired) electrons. The van der Waals surface area contributed by atoms with E-state index in [4.69, 9.17) is 21.1 Å². The molecular weight excluding hydrogens is 444 g/mol. The van der Waals surface area contributed by atoms with Crippen LogP contribution in [0.5, 0.6) is 5.75 Å². The van der Waals surface area contributed by atoms with E-state index < -0.39 is 12.0 Å². The van der Waals surface area contributed by atoms with Gasteiger partial charge in [-0.2, -0.15) is 0 Å². The van der Waals surface area contributed by atoms with Crippen molar-refractivity contribution in [3.8, 4) is 5.75 Å². The monoisotopic (exact) mass is 470 g/mol. The highest BCUT2D eigenvalue weighted by Gasteiger charge is 2.34. The van der Waals surface area contributed by atoms with E-state index in [1.807, 2.05) is 24.3 Å². The molecule has 0 unspecified atom stereocenters. The Morgan fingerprint density at radius 2 is 1.85 bits per heavy atom. The van der Waals surface area contributed by atoms with Crippen molar-refractivity contribution in [3.05, 3.63) is 70.4 Å². The van der Waals surface area contributed by atoms with Crippen LogP contribution in [0.1, 0.15) is 11.6 Å². The fraction of sp³-hybridized carbons (Fsp3) is 0.333. The Bertz CT molecular complexity index is 1070. The molecule has 1 fully saturated rings. The number of hydrogen-bond donors (Lipinski definition) is 2. The minimum atomic E-state index is -0.644. The molecule has 2 aliphatic heterocycles. The maximum atomic E-state index is 12.8. The number of nitrogens with zero attached hydrogens (tertiary/aromatic N) is 2. The van der Waals surface area contributed by atoms with Gasteiger partial charge in [0.15, 0.2) is 0 Å². The van der Waals surface area contributed by atoms with Crippen LogP contribution in [0.15, 0.2) is 59.8 Å². The summed E-state index contributed by atoms with van der Waals surface area (Å²) in [4.78, 5) is 29.7. The summed E-state index contributed by atoms with van der Waals surface area (Å²) in [5, 5.41) is 6.18. The number of amides is 2. The van der Waals surface area contributed by atoms with Crippen LogP contribution in [0.3, 0.4) is 0 Å². The number of methoxy groups -OCH3 is 2. The number of urea groups is 1. The Balaban J connectivity index is 1.55. The van der Waals surface area contributed by atoms with Gasteiger partial charge in [0, 0.05) is 43.4 Å². The summed E-state index contributed by atoms with van der Waals surface area (Å²) in [6.07, 6.45) is 0. The number of nitrogens with one attached hydrogen (secondary N) is 2. The van der Waals surface area contributed by atoms with Gasteiger partial charge in [0.2, 0.25) is 0 Å². The van der Waals surface area contributed by atoms with Gasteiger partial charge >= 0.3 is 12.0 Å². The van der Waals surface area contributed by atoms with Crippen molar-refractivity contribution in [2.45, 2.75) is 6.04 Å². The number of carbonyl (C=O) groups is 2. The molecule has 8 nitrogen and oxygen atoms in total. The minimum Gasteiger partial charge on any atom is -0.495 e. The third-order valence-corrected chi connectivity index (χ3v) is 6.16. The second-order valence-electron chi connectivity index (χ2n) is 7.91. The number of carbonyl (C=O) groups excluding carboxylic acids is 2. The van der Waals surface area contributed by atoms with E-state index in [1.54, 1.807) is 25.3 Å². The fourth-order valence-corrected chi connectivity index (χ4v) is 4.49. The predicted molar refractivity (Wildman–Crippen MR) is 127 cm³/mol. The molecule has 0 bridgehead atoms. The SMILES string of the molecule is COC(=O)C1=C(CN2CCN(c3ccccc3OC)CC2)NC(=O)N[C@@H]1c1cccc(Cl)c1. The zero-order chi connectivity index (χ0) is 23.4. The second kappa shape index (κ2) is 10.1. The van der Waals surface area contributed by atoms with Crippen LogP contribution in [0.4, 0.5) is 10.5 Å². The number of benzene rings is 2. The van der Waals surface area contributed by atoms with Gasteiger partial charge in [-0.05, 0) is 29.8 Å². The first-order valence-electron chi connectivity index (χ1n) is 10.7. The number of piperazine rings is 1. The number of esters is 1. The van der Waals surface area contributed by atoms with E-state index in [2.05, 4.69) is 26.5 Å². The van der Waals surface area contributed by atoms with E-state index >= 15 is 0 Å². The third kappa shape index (κ3) is 5.07. The van der Waals surface area contributed by atoms with E-state index in [0.717, 1.165) is 43.2 Å². The first-order valence-corrected chi connectivity index (χ1v) is 11.1. The van der Waals surface area contributed by atoms with Crippen molar-refractivity contribution in [3.63, 3.8) is 0 Å². The molecule has 9 heteroatoms. The molecule has 1 saturated heterocycles. The molecule has 4 rings (SSSR count). The van der Waals surface area contributed by atoms with Gasteiger partial charge in [0.25, 0.3) is 0 Å². The normalized spacial score (nSPS) is 19.1. The van der Waals surface area contributed by atoms with E-state index in [1.165, 1.54) is 7.11 Å². The summed E-state index contributed by atoms with van der Waals surface area (Å²) < 4.78 is 10.6. The standard InChI is InChI=1S/C24H27ClN4O4/c1-32-20-9-4-3-8-19(20)29-12-10-28(11-13-29)15-18-21(23(30)33-2)22(27-24(31)26-18)16-6-5-7-17(25)14-16/h3-9,14,22H,10-13,15H2,1-2H3,(H2,26,27,31)/t22-/m1/s1. The molecule has 2 aromatic carbocycles. The molecule has 0 aliphatic carbocycles. The van der Waals surface area contributed by atoms with Crippen molar-refractivity contribution in [1.82, 2.24) is 15.5 Å². The van der Waals surface area contributed by atoms with Crippen LogP contribution >= 0.6 is 11.6 Å². The summed E-state index contributed by atoms with van der Waals surface area (Å²) in [7, 11) is 3.01. The van der Waals surface area contributed by atoms with Gasteiger partial charge in [-0.3, -0.25) is 4.90 Å². The van der Waals surface area contributed by atoms with E-state index in [9.17, 15) is 9.59 Å². The smallest absolute Gasteiger partial charge is 0.338 e. The van der Waals surface area contributed by atoms with Gasteiger partial charge in [0.1, 0.15) is 5.75 Å². The minimum absolute atomic E-state index is 0.365. The van der Waals surface area contributed by atoms with Crippen LogP contribution in [-0.2, 0) is 9.53 Å². The maximum absolute atomic E-state index is 12.8. The Hall–Kier alpha value is -3.23. The quantitative estimate of drug-likeness (QED) is 0.632. The van der Waals surface area contributed by atoms with Gasteiger partial charge in [-0.25, -0.2) is 9.59 Å². The lowest BCUT2D eigenvalue weighted by molar-refractivity contribution is -0.136. The van der Waals surface area contributed by atoms with Crippen molar-refractivity contribution in [1.29, 1.82) is 0 Å². The predicted octanol–water partition coefficient (Wildman–Crippen LogP) is 2.95. The van der Waals surface area contributed by atoms with Gasteiger partial charge in [-0.1, -0.05) is 35.9 Å². The summed E-state index contributed by atoms with van der Waals surface area (Å²) in [6.45, 7) is 3.55. The average Bonchev–Trinajstić information content (AvgIpc) is 2.83. The summed E-state index contributed by atoms with van der Waals surface area (Å²) in [5.74, 6) is 0.353. The van der Waals surface area contributed by atoms with Crippen LogP contribution in [0.2, 0.25) is 5.02 Å². The maximum Gasteiger partial charge on any atom is 0.338 e. The molecular formula is C24H27ClN4O4. The highest BCUT2D eigenvalue weighted by molar-refractivity contribution is 6.30. The van der Waals surface area contributed by atoms with Gasteiger partial charge < -0.3 is 25.0 Å². The van der Waals surface area contributed by atoms with Crippen LogP contribution in [0, 0.1) is 0 Å². The number of halogens is 1. The van der Waals surface area contributed by atoms with Gasteiger partial charge in [-0.15, -0.1) is 0 Å². The zero-order valence-corrected chi connectivity index (χ0v) is 19.4. The number of anilines is 1. The topological polar surface area (TPSA) is 83.1 Å². The van der Waals surface area contributed by atoms with Crippen molar-refractivity contribution >= 4 is 29.3 Å². The number of rotatable bonds is 6. The van der Waals surface area contributed by atoms with Crippen LogP contribution < -0.4 is 20.3 Å². The van der Waals surface area contributed by atoms with Crippen molar-refractivity contribution in [2.75, 3.05) is 51.8 Å². The molecule has 0 spiro atoms. The Kier molecular flexibility index (Phi) is 7.05. The molecule has 33 heavy (non-hydrogen) atoms. The summed E-state index contributed by atoms with van der Waals surface area (Å²) >= 11 is 6.16. The number of para-hydroxylation sites is 2. The largest absolute Gasteiger partial charge is 0.495 e. The Morgan fingerprint density at radius 1 is 1.09 bits per heavy atom. The molecule has 2 aliphatic rings. The first-order chi connectivity index (χ1) is 16.0. The second-order valence-corrected chi connectivity index (χ2v) is 8.34. The summed E-state index contributed by atoms with van der Waals surface area (Å²) in [5.41, 5.74) is 2.70. The molecule has 2 amide bonds. The van der Waals surface area contributed by atoms with Crippen molar-refractivity contribution < 1.29 is 19.1 Å². The molecule has 2 aromatic rings. The molecule has 1 atom stereocenters. The highest BCUT2D eigenvalue weighted by Crippen LogP contribution is 2.31. The molecule has 2 N–H and O–H groups in total. The molecule has 2 heterocycles. The lowest BCUT2D eigenvalue weighted by Gasteiger charge is -2.38. The van der Waals surface area contributed by atoms with Gasteiger partial charge in [0.05, 0.1) is 31.5 Å². The van der Waals surface area contributed by atoms with E-state index in [-0.39, 0.29) is 6.03 Å². The fourth-order valence-electron chi connectivity index (χ4n) is 4.29. The molecule has 0 saturated carbocycles. The lowest BCUT2D eigenvalue weighted by Crippen LogP contribution is -2.51. The zero-order valence-electron chi connectivity index (χ0n) is 18.6. The molecule has 174 valence electrons. The van der Waals surface area contributed by atoms with Crippen LogP contribution in [0.25, 0.3) is 0 Å².